The van der Waals surface area contributed by atoms with E-state index in [9.17, 15) is 4.79 Å². The van der Waals surface area contributed by atoms with Crippen molar-refractivity contribution in [1.82, 2.24) is 5.32 Å². The first kappa shape index (κ1) is 9.53. The van der Waals surface area contributed by atoms with Gasteiger partial charge in [0, 0.05) is 6.92 Å². The van der Waals surface area contributed by atoms with Crippen molar-refractivity contribution in [3.8, 4) is 0 Å². The van der Waals surface area contributed by atoms with Gasteiger partial charge in [-0.1, -0.05) is 24.3 Å². The summed E-state index contributed by atoms with van der Waals surface area (Å²) in [5, 5.41) is 2.86. The van der Waals surface area contributed by atoms with Crippen molar-refractivity contribution in [2.45, 2.75) is 24.8 Å². The average molecular weight is 210 g/mol. The molecule has 2 unspecified atom stereocenters. The van der Waals surface area contributed by atoms with E-state index in [0.717, 1.165) is 12.0 Å². The van der Waals surface area contributed by atoms with Crippen molar-refractivity contribution in [2.75, 3.05) is 0 Å². The van der Waals surface area contributed by atoms with E-state index in [1.165, 1.54) is 12.5 Å². The molecule has 0 spiro atoms. The third kappa shape index (κ3) is 1.62. The maximum Gasteiger partial charge on any atom is 0.217 e. The first-order chi connectivity index (χ1) is 6.68. The van der Waals surface area contributed by atoms with Gasteiger partial charge in [-0.3, -0.25) is 4.79 Å². The van der Waals surface area contributed by atoms with E-state index in [1.54, 1.807) is 0 Å². The Morgan fingerprint density at radius 2 is 2.21 bits per heavy atom. The van der Waals surface area contributed by atoms with E-state index in [4.69, 9.17) is 11.6 Å². The van der Waals surface area contributed by atoms with Crippen LogP contribution in [-0.4, -0.2) is 11.3 Å². The Labute approximate surface area is 88.3 Å². The Kier molecular flexibility index (Phi) is 2.46. The lowest BCUT2D eigenvalue weighted by molar-refractivity contribution is -0.119. The molecule has 2 atom stereocenters. The molecule has 0 saturated heterocycles. The molecule has 74 valence electrons. The first-order valence-electron chi connectivity index (χ1n) is 4.67. The maximum absolute atomic E-state index is 11.0. The fraction of sp³-hybridized carbons (Fsp3) is 0.364. The van der Waals surface area contributed by atoms with Gasteiger partial charge in [0.25, 0.3) is 0 Å². The number of nitrogens with one attached hydrogen (secondary N) is 1. The molecule has 0 bridgehead atoms. The highest BCUT2D eigenvalue weighted by Crippen LogP contribution is 2.34. The van der Waals surface area contributed by atoms with Crippen LogP contribution in [-0.2, 0) is 11.2 Å². The fourth-order valence-electron chi connectivity index (χ4n) is 1.93. The van der Waals surface area contributed by atoms with Crippen molar-refractivity contribution < 1.29 is 4.79 Å². The Morgan fingerprint density at radius 1 is 1.50 bits per heavy atom. The van der Waals surface area contributed by atoms with E-state index in [0.29, 0.717) is 0 Å². The van der Waals surface area contributed by atoms with E-state index in [-0.39, 0.29) is 17.3 Å². The van der Waals surface area contributed by atoms with Crippen molar-refractivity contribution in [1.29, 1.82) is 0 Å². The molecule has 1 aromatic carbocycles. The number of fused-ring (bicyclic) bond motifs is 1. The summed E-state index contributed by atoms with van der Waals surface area (Å²) < 4.78 is 0. The summed E-state index contributed by atoms with van der Waals surface area (Å²) in [6.45, 7) is 1.52. The molecule has 0 radical (unpaired) electrons. The number of carbonyl (C=O) groups excluding carboxylic acids is 1. The van der Waals surface area contributed by atoms with Gasteiger partial charge in [0.15, 0.2) is 0 Å². The summed E-state index contributed by atoms with van der Waals surface area (Å²) in [5.41, 5.74) is 2.40. The van der Waals surface area contributed by atoms with Gasteiger partial charge in [-0.05, 0) is 17.5 Å². The Hall–Kier alpha value is -1.02. The number of alkyl halides is 1. The molecule has 1 aliphatic carbocycles. The molecule has 1 aromatic rings. The molecular weight excluding hydrogens is 198 g/mol. The highest BCUT2D eigenvalue weighted by molar-refractivity contribution is 6.21. The summed E-state index contributed by atoms with van der Waals surface area (Å²) in [6, 6.07) is 8.04. The van der Waals surface area contributed by atoms with E-state index >= 15 is 0 Å². The second kappa shape index (κ2) is 3.62. The third-order valence-corrected chi connectivity index (χ3v) is 2.93. The van der Waals surface area contributed by atoms with Crippen LogP contribution in [0.4, 0.5) is 0 Å². The predicted octanol–water partition coefficient (Wildman–Crippen LogP) is 2.03. The molecule has 0 aliphatic heterocycles. The number of amides is 1. The monoisotopic (exact) mass is 209 g/mol. The van der Waals surface area contributed by atoms with Gasteiger partial charge in [-0.2, -0.15) is 0 Å². The van der Waals surface area contributed by atoms with Crippen LogP contribution in [0.3, 0.4) is 0 Å². The zero-order chi connectivity index (χ0) is 10.1. The minimum Gasteiger partial charge on any atom is -0.348 e. The number of rotatable bonds is 1. The van der Waals surface area contributed by atoms with Gasteiger partial charge in [-0.15, -0.1) is 11.6 Å². The molecule has 2 nitrogen and oxygen atoms in total. The summed E-state index contributed by atoms with van der Waals surface area (Å²) in [4.78, 5) is 11.0. The number of halogens is 1. The quantitative estimate of drug-likeness (QED) is 0.705. The normalized spacial score (nSPS) is 24.4. The lowest BCUT2D eigenvalue weighted by Gasteiger charge is -2.15. The van der Waals surface area contributed by atoms with Crippen LogP contribution < -0.4 is 5.32 Å². The van der Waals surface area contributed by atoms with Crippen LogP contribution in [0.1, 0.15) is 24.1 Å². The Morgan fingerprint density at radius 3 is 2.93 bits per heavy atom. The maximum atomic E-state index is 11.0. The number of hydrogen-bond acceptors (Lipinski definition) is 1. The lowest BCUT2D eigenvalue weighted by atomic mass is 10.1. The van der Waals surface area contributed by atoms with Gasteiger partial charge in [0.2, 0.25) is 5.91 Å². The molecule has 0 saturated carbocycles. The van der Waals surface area contributed by atoms with Crippen molar-refractivity contribution in [3.63, 3.8) is 0 Å². The minimum absolute atomic E-state index is 0.0173. The topological polar surface area (TPSA) is 29.1 Å². The smallest absolute Gasteiger partial charge is 0.217 e. The second-order valence-corrected chi connectivity index (χ2v) is 4.16. The highest BCUT2D eigenvalue weighted by atomic mass is 35.5. The van der Waals surface area contributed by atoms with Crippen LogP contribution in [0.15, 0.2) is 24.3 Å². The van der Waals surface area contributed by atoms with Gasteiger partial charge < -0.3 is 5.32 Å². The fourth-order valence-corrected chi connectivity index (χ4v) is 2.30. The largest absolute Gasteiger partial charge is 0.348 e. The van der Waals surface area contributed by atoms with Crippen LogP contribution in [0.2, 0.25) is 0 Å². The second-order valence-electron chi connectivity index (χ2n) is 3.60. The molecule has 1 N–H and O–H groups in total. The highest BCUT2D eigenvalue weighted by Gasteiger charge is 2.30. The summed E-state index contributed by atoms with van der Waals surface area (Å²) in [6.07, 6.45) is 0.836. The van der Waals surface area contributed by atoms with Crippen LogP contribution in [0.5, 0.6) is 0 Å². The van der Waals surface area contributed by atoms with E-state index < -0.39 is 0 Å². The van der Waals surface area contributed by atoms with Crippen LogP contribution >= 0.6 is 11.6 Å². The number of carbonyl (C=O) groups is 1. The molecule has 1 aliphatic rings. The molecule has 3 heteroatoms. The van der Waals surface area contributed by atoms with Crippen molar-refractivity contribution in [3.05, 3.63) is 35.4 Å². The summed E-state index contributed by atoms with van der Waals surface area (Å²) in [7, 11) is 0. The van der Waals surface area contributed by atoms with Crippen molar-refractivity contribution in [2.24, 2.45) is 0 Å². The summed E-state index contributed by atoms with van der Waals surface area (Å²) in [5.74, 6) is -0.0302. The minimum atomic E-state index is -0.0302. The Balaban J connectivity index is 2.30. The Bertz CT molecular complexity index is 364. The third-order valence-electron chi connectivity index (χ3n) is 2.53. The van der Waals surface area contributed by atoms with Crippen LogP contribution in [0.25, 0.3) is 0 Å². The van der Waals surface area contributed by atoms with E-state index in [1.807, 2.05) is 18.2 Å². The zero-order valence-corrected chi connectivity index (χ0v) is 8.71. The number of benzene rings is 1. The molecule has 14 heavy (non-hydrogen) atoms. The van der Waals surface area contributed by atoms with Gasteiger partial charge in [-0.25, -0.2) is 0 Å². The first-order valence-corrected chi connectivity index (χ1v) is 5.11. The van der Waals surface area contributed by atoms with Gasteiger partial charge >= 0.3 is 0 Å². The number of hydrogen-bond donors (Lipinski definition) is 1. The molecule has 0 fully saturated rings. The average Bonchev–Trinajstić information content (AvgIpc) is 2.43. The molecule has 1 amide bonds. The van der Waals surface area contributed by atoms with Gasteiger partial charge in [0.05, 0.1) is 11.4 Å². The predicted molar refractivity (Wildman–Crippen MR) is 56.3 cm³/mol. The molecule has 2 rings (SSSR count). The lowest BCUT2D eigenvalue weighted by Crippen LogP contribution is -2.29. The molecule has 0 heterocycles. The molecule has 0 aromatic heterocycles. The van der Waals surface area contributed by atoms with Gasteiger partial charge in [0.1, 0.15) is 0 Å². The summed E-state index contributed by atoms with van der Waals surface area (Å²) >= 11 is 6.17. The molecular formula is C11H12ClNO. The SMILES string of the molecule is CC(=O)NC1c2ccccc2CC1Cl. The van der Waals surface area contributed by atoms with Crippen LogP contribution in [0, 0.1) is 0 Å². The zero-order valence-electron chi connectivity index (χ0n) is 7.96. The standard InChI is InChI=1S/C11H12ClNO/c1-7(14)13-11-9-5-3-2-4-8(9)6-10(11)12/h2-5,10-11H,6H2,1H3,(H,13,14). The van der Waals surface area contributed by atoms with Crippen molar-refractivity contribution >= 4 is 17.5 Å². The van der Waals surface area contributed by atoms with E-state index in [2.05, 4.69) is 11.4 Å².